The lowest BCUT2D eigenvalue weighted by Crippen LogP contribution is -2.17. The van der Waals surface area contributed by atoms with Crippen LogP contribution in [0.15, 0.2) is 24.3 Å². The number of ether oxygens (including phenoxy) is 2. The molecule has 0 saturated carbocycles. The highest BCUT2D eigenvalue weighted by Crippen LogP contribution is 2.28. The number of hydrogen-bond donors (Lipinski definition) is 1. The van der Waals surface area contributed by atoms with Gasteiger partial charge in [-0.1, -0.05) is 0 Å². The summed E-state index contributed by atoms with van der Waals surface area (Å²) in [5.74, 6) is -1.60. The molecule has 0 aliphatic heterocycles. The third-order valence-electron chi connectivity index (χ3n) is 2.17. The van der Waals surface area contributed by atoms with E-state index >= 15 is 0 Å². The normalized spacial score (nSPS) is 11.3. The highest BCUT2D eigenvalue weighted by molar-refractivity contribution is 5.93. The number of benzene rings is 1. The summed E-state index contributed by atoms with van der Waals surface area (Å²) in [5, 5.41) is 2.35. The van der Waals surface area contributed by atoms with E-state index in [2.05, 4.69) is 14.8 Å². The van der Waals surface area contributed by atoms with Crippen molar-refractivity contribution in [2.75, 3.05) is 12.4 Å². The van der Waals surface area contributed by atoms with Gasteiger partial charge in [-0.3, -0.25) is 4.79 Å². The number of hydrogen-bond acceptors (Lipinski definition) is 4. The Balaban J connectivity index is 3.10. The van der Waals surface area contributed by atoms with Crippen LogP contribution in [0.5, 0.6) is 5.75 Å². The molecule has 0 spiro atoms. The molecular formula is C13H12F3NO4. The van der Waals surface area contributed by atoms with Crippen LogP contribution in [-0.2, 0) is 14.3 Å². The van der Waals surface area contributed by atoms with Crippen molar-refractivity contribution in [1.82, 2.24) is 0 Å². The molecule has 0 bridgehead atoms. The number of esters is 1. The van der Waals surface area contributed by atoms with Crippen LogP contribution in [-0.4, -0.2) is 25.3 Å². The average Bonchev–Trinajstić information content (AvgIpc) is 2.34. The van der Waals surface area contributed by atoms with E-state index in [-0.39, 0.29) is 5.69 Å². The lowest BCUT2D eigenvalue weighted by atomic mass is 10.1. The number of amides is 1. The molecular weight excluding hydrogens is 291 g/mol. The maximum atomic E-state index is 12.2. The van der Waals surface area contributed by atoms with Crippen molar-refractivity contribution in [2.45, 2.75) is 13.3 Å². The molecule has 0 heterocycles. The predicted octanol–water partition coefficient (Wildman–Crippen LogP) is 2.73. The van der Waals surface area contributed by atoms with Crippen molar-refractivity contribution < 1.29 is 32.2 Å². The molecule has 0 radical (unpaired) electrons. The second-order valence-electron chi connectivity index (χ2n) is 3.83. The Kier molecular flexibility index (Phi) is 5.34. The highest BCUT2D eigenvalue weighted by Gasteiger charge is 2.31. The van der Waals surface area contributed by atoms with E-state index in [1.54, 1.807) is 0 Å². The van der Waals surface area contributed by atoms with Crippen LogP contribution in [0.25, 0.3) is 6.08 Å². The lowest BCUT2D eigenvalue weighted by Gasteiger charge is -2.12. The van der Waals surface area contributed by atoms with Crippen molar-refractivity contribution in [3.05, 3.63) is 29.8 Å². The minimum atomic E-state index is -4.84. The standard InChI is InChI=1S/C13H12F3NO4/c1-8(18)17-11-7-10(21-13(14,15)16)5-3-9(11)4-6-12(19)20-2/h3-7H,1-2H3,(H,17,18). The van der Waals surface area contributed by atoms with Gasteiger partial charge in [0.25, 0.3) is 0 Å². The molecule has 8 heteroatoms. The zero-order chi connectivity index (χ0) is 16.0. The van der Waals surface area contributed by atoms with Crippen molar-refractivity contribution >= 4 is 23.6 Å². The topological polar surface area (TPSA) is 64.6 Å². The van der Waals surface area contributed by atoms with Gasteiger partial charge in [0.15, 0.2) is 0 Å². The third-order valence-corrected chi connectivity index (χ3v) is 2.17. The number of carbonyl (C=O) groups excluding carboxylic acids is 2. The molecule has 0 aliphatic carbocycles. The van der Waals surface area contributed by atoms with Gasteiger partial charge in [0.1, 0.15) is 5.75 Å². The summed E-state index contributed by atoms with van der Waals surface area (Å²) in [6.45, 7) is 1.20. The molecule has 114 valence electrons. The number of rotatable bonds is 4. The summed E-state index contributed by atoms with van der Waals surface area (Å²) < 4.78 is 44.6. The Bertz CT molecular complexity index is 567. The minimum Gasteiger partial charge on any atom is -0.466 e. The molecule has 0 aromatic heterocycles. The lowest BCUT2D eigenvalue weighted by molar-refractivity contribution is -0.274. The van der Waals surface area contributed by atoms with Gasteiger partial charge in [-0.2, -0.15) is 0 Å². The van der Waals surface area contributed by atoms with Crippen LogP contribution in [0.4, 0.5) is 18.9 Å². The summed E-state index contributed by atoms with van der Waals surface area (Å²) in [6, 6.07) is 3.34. The molecule has 1 rings (SSSR count). The summed E-state index contributed by atoms with van der Waals surface area (Å²) >= 11 is 0. The Morgan fingerprint density at radius 1 is 1.29 bits per heavy atom. The minimum absolute atomic E-state index is 0.0735. The number of halogens is 3. The Morgan fingerprint density at radius 2 is 1.95 bits per heavy atom. The first-order chi connectivity index (χ1) is 9.71. The van der Waals surface area contributed by atoms with E-state index in [0.717, 1.165) is 18.2 Å². The number of nitrogens with one attached hydrogen (secondary N) is 1. The maximum absolute atomic E-state index is 12.2. The quantitative estimate of drug-likeness (QED) is 0.686. The van der Waals surface area contributed by atoms with Crippen molar-refractivity contribution in [3.8, 4) is 5.75 Å². The molecule has 1 amide bonds. The predicted molar refractivity (Wildman–Crippen MR) is 68.5 cm³/mol. The Hall–Kier alpha value is -2.51. The summed E-state index contributed by atoms with van der Waals surface area (Å²) in [5.41, 5.74) is 0.398. The van der Waals surface area contributed by atoms with E-state index in [9.17, 15) is 22.8 Å². The largest absolute Gasteiger partial charge is 0.573 e. The molecule has 21 heavy (non-hydrogen) atoms. The van der Waals surface area contributed by atoms with Gasteiger partial charge in [-0.25, -0.2) is 4.79 Å². The van der Waals surface area contributed by atoms with Gasteiger partial charge >= 0.3 is 12.3 Å². The highest BCUT2D eigenvalue weighted by atomic mass is 19.4. The second-order valence-corrected chi connectivity index (χ2v) is 3.83. The molecule has 0 fully saturated rings. The molecule has 1 aromatic rings. The number of methoxy groups -OCH3 is 1. The van der Waals surface area contributed by atoms with Gasteiger partial charge in [0.05, 0.1) is 12.8 Å². The van der Waals surface area contributed by atoms with E-state index < -0.39 is 24.0 Å². The van der Waals surface area contributed by atoms with Crippen molar-refractivity contribution in [2.24, 2.45) is 0 Å². The monoisotopic (exact) mass is 303 g/mol. The smallest absolute Gasteiger partial charge is 0.466 e. The fraction of sp³-hybridized carbons (Fsp3) is 0.231. The maximum Gasteiger partial charge on any atom is 0.573 e. The molecule has 1 aromatic carbocycles. The number of anilines is 1. The van der Waals surface area contributed by atoms with Crippen LogP contribution in [0, 0.1) is 0 Å². The summed E-state index contributed by atoms with van der Waals surface area (Å²) in [4.78, 5) is 22.1. The van der Waals surface area contributed by atoms with E-state index in [4.69, 9.17) is 0 Å². The molecule has 1 N–H and O–H groups in total. The first kappa shape index (κ1) is 16.5. The van der Waals surface area contributed by atoms with E-state index in [0.29, 0.717) is 5.56 Å². The van der Waals surface area contributed by atoms with E-state index in [1.165, 1.54) is 26.2 Å². The van der Waals surface area contributed by atoms with Gasteiger partial charge in [-0.15, -0.1) is 13.2 Å². The van der Waals surface area contributed by atoms with Crippen LogP contribution < -0.4 is 10.1 Å². The van der Waals surface area contributed by atoms with Gasteiger partial charge in [0.2, 0.25) is 5.91 Å². The van der Waals surface area contributed by atoms with Gasteiger partial charge < -0.3 is 14.8 Å². The number of alkyl halides is 3. The van der Waals surface area contributed by atoms with Gasteiger partial charge in [-0.05, 0) is 23.8 Å². The third kappa shape index (κ3) is 5.98. The fourth-order valence-corrected chi connectivity index (χ4v) is 1.40. The molecule has 0 unspecified atom stereocenters. The fourth-order valence-electron chi connectivity index (χ4n) is 1.40. The first-order valence-corrected chi connectivity index (χ1v) is 5.64. The molecule has 0 atom stereocenters. The average molecular weight is 303 g/mol. The molecule has 0 saturated heterocycles. The van der Waals surface area contributed by atoms with Crippen LogP contribution in [0.3, 0.4) is 0 Å². The van der Waals surface area contributed by atoms with Crippen molar-refractivity contribution in [1.29, 1.82) is 0 Å². The SMILES string of the molecule is COC(=O)C=Cc1ccc(OC(F)(F)F)cc1NC(C)=O. The summed E-state index contributed by atoms with van der Waals surface area (Å²) in [7, 11) is 1.18. The first-order valence-electron chi connectivity index (χ1n) is 5.64. The van der Waals surface area contributed by atoms with Gasteiger partial charge in [0, 0.05) is 19.1 Å². The molecule has 5 nitrogen and oxygen atoms in total. The van der Waals surface area contributed by atoms with Crippen LogP contribution >= 0.6 is 0 Å². The number of carbonyl (C=O) groups is 2. The van der Waals surface area contributed by atoms with E-state index in [1.807, 2.05) is 0 Å². The van der Waals surface area contributed by atoms with Crippen LogP contribution in [0.2, 0.25) is 0 Å². The van der Waals surface area contributed by atoms with Crippen LogP contribution in [0.1, 0.15) is 12.5 Å². The summed E-state index contributed by atoms with van der Waals surface area (Å²) in [6.07, 6.45) is -2.46. The Morgan fingerprint density at radius 3 is 2.48 bits per heavy atom. The second kappa shape index (κ2) is 6.78. The zero-order valence-corrected chi connectivity index (χ0v) is 11.2. The molecule has 0 aliphatic rings. The van der Waals surface area contributed by atoms with Crippen molar-refractivity contribution in [3.63, 3.8) is 0 Å². The Labute approximate surface area is 118 Å². The zero-order valence-electron chi connectivity index (χ0n) is 11.2.